The van der Waals surface area contributed by atoms with E-state index in [1.54, 1.807) is 37.5 Å². The molecule has 0 aliphatic carbocycles. The minimum Gasteiger partial charge on any atom is -0.438 e. The summed E-state index contributed by atoms with van der Waals surface area (Å²) in [5.41, 5.74) is 10.1. The van der Waals surface area contributed by atoms with Gasteiger partial charge in [-0.3, -0.25) is 9.97 Å². The quantitative estimate of drug-likeness (QED) is 0.512. The van der Waals surface area contributed by atoms with Gasteiger partial charge in [0.1, 0.15) is 11.6 Å². The lowest BCUT2D eigenvalue weighted by molar-refractivity contribution is 0.461. The van der Waals surface area contributed by atoms with E-state index in [1.165, 1.54) is 0 Å². The Balaban J connectivity index is 1.73. The van der Waals surface area contributed by atoms with E-state index in [-0.39, 0.29) is 0 Å². The summed E-state index contributed by atoms with van der Waals surface area (Å²) in [5, 5.41) is 9.36. The van der Waals surface area contributed by atoms with Gasteiger partial charge in [0.2, 0.25) is 5.88 Å². The molecule has 152 valence electrons. The van der Waals surface area contributed by atoms with Crippen LogP contribution < -0.4 is 10.5 Å². The summed E-state index contributed by atoms with van der Waals surface area (Å²) in [4.78, 5) is 17.7. The van der Waals surface area contributed by atoms with Crippen LogP contribution in [-0.2, 0) is 6.42 Å². The zero-order valence-corrected chi connectivity index (χ0v) is 17.0. The van der Waals surface area contributed by atoms with Crippen molar-refractivity contribution < 1.29 is 4.74 Å². The van der Waals surface area contributed by atoms with E-state index in [9.17, 15) is 5.26 Å². The predicted octanol–water partition coefficient (Wildman–Crippen LogP) is 4.07. The highest BCUT2D eigenvalue weighted by Gasteiger charge is 2.13. The number of benzene rings is 1. The molecule has 31 heavy (non-hydrogen) atoms. The molecule has 0 saturated heterocycles. The van der Waals surface area contributed by atoms with Gasteiger partial charge in [-0.1, -0.05) is 12.1 Å². The molecule has 3 heterocycles. The number of rotatable bonds is 6. The molecule has 0 bridgehead atoms. The molecule has 7 heteroatoms. The average Bonchev–Trinajstić information content (AvgIpc) is 2.80. The van der Waals surface area contributed by atoms with Crippen molar-refractivity contribution in [2.45, 2.75) is 13.3 Å². The number of nitrogens with two attached hydrogens (primary N) is 1. The Morgan fingerprint density at radius 3 is 2.61 bits per heavy atom. The normalized spacial score (nSPS) is 10.5. The number of nitrogens with zero attached hydrogens (tertiary/aromatic N) is 5. The largest absolute Gasteiger partial charge is 0.438 e. The third-order valence-electron chi connectivity index (χ3n) is 4.60. The number of ether oxygens (including phenoxy) is 1. The van der Waals surface area contributed by atoms with E-state index in [2.05, 4.69) is 26.0 Å². The molecular weight excluding hydrogens is 388 g/mol. The Morgan fingerprint density at radius 2 is 1.90 bits per heavy atom. The fraction of sp³-hybridized carbons (Fsp3) is 0.125. The zero-order valence-electron chi connectivity index (χ0n) is 17.0. The van der Waals surface area contributed by atoms with E-state index in [1.807, 2.05) is 36.4 Å². The monoisotopic (exact) mass is 408 g/mol. The van der Waals surface area contributed by atoms with Gasteiger partial charge in [0, 0.05) is 41.7 Å². The minimum atomic E-state index is 0.372. The van der Waals surface area contributed by atoms with E-state index >= 15 is 0 Å². The molecule has 0 aliphatic heterocycles. The molecule has 0 saturated carbocycles. The molecule has 0 radical (unpaired) electrons. The SMILES string of the molecule is Cc1nc(Oc2cc(C#N)ccc2-c2ccc(CCN)nc2)cc(-c2ccccn2)n1. The Labute approximate surface area is 180 Å². The maximum Gasteiger partial charge on any atom is 0.223 e. The van der Waals surface area contributed by atoms with E-state index in [4.69, 9.17) is 10.5 Å². The Kier molecular flexibility index (Phi) is 5.92. The average molecular weight is 408 g/mol. The fourth-order valence-corrected chi connectivity index (χ4v) is 3.15. The summed E-state index contributed by atoms with van der Waals surface area (Å²) < 4.78 is 6.15. The Bertz CT molecular complexity index is 1230. The highest BCUT2D eigenvalue weighted by molar-refractivity contribution is 5.71. The van der Waals surface area contributed by atoms with Gasteiger partial charge in [0.05, 0.1) is 23.0 Å². The van der Waals surface area contributed by atoms with Crippen LogP contribution in [-0.4, -0.2) is 26.5 Å². The molecule has 3 aromatic heterocycles. The lowest BCUT2D eigenvalue weighted by Crippen LogP contribution is -2.04. The maximum absolute atomic E-state index is 9.36. The van der Waals surface area contributed by atoms with Crippen LogP contribution >= 0.6 is 0 Å². The molecule has 7 nitrogen and oxygen atoms in total. The summed E-state index contributed by atoms with van der Waals surface area (Å²) in [7, 11) is 0. The molecule has 0 amide bonds. The zero-order chi connectivity index (χ0) is 21.6. The van der Waals surface area contributed by atoms with Crippen LogP contribution in [0, 0.1) is 18.3 Å². The summed E-state index contributed by atoms with van der Waals surface area (Å²) in [6.07, 6.45) is 4.21. The van der Waals surface area contributed by atoms with Crippen LogP contribution in [0.5, 0.6) is 11.6 Å². The smallest absolute Gasteiger partial charge is 0.223 e. The molecule has 0 atom stereocenters. The molecule has 4 rings (SSSR count). The number of hydrogen-bond acceptors (Lipinski definition) is 7. The summed E-state index contributed by atoms with van der Waals surface area (Å²) in [6, 6.07) is 18.7. The number of pyridine rings is 2. The van der Waals surface area contributed by atoms with Gasteiger partial charge in [0.25, 0.3) is 0 Å². The Morgan fingerprint density at radius 1 is 1.00 bits per heavy atom. The van der Waals surface area contributed by atoms with Crippen LogP contribution in [0.2, 0.25) is 0 Å². The first kappa shape index (κ1) is 20.1. The highest BCUT2D eigenvalue weighted by Crippen LogP contribution is 2.34. The summed E-state index contributed by atoms with van der Waals surface area (Å²) >= 11 is 0. The second-order valence-corrected chi connectivity index (χ2v) is 6.86. The highest BCUT2D eigenvalue weighted by atomic mass is 16.5. The lowest BCUT2D eigenvalue weighted by Gasteiger charge is -2.13. The second kappa shape index (κ2) is 9.11. The molecule has 1 aromatic carbocycles. The van der Waals surface area contributed by atoms with Gasteiger partial charge in [-0.05, 0) is 49.9 Å². The van der Waals surface area contributed by atoms with Gasteiger partial charge in [0.15, 0.2) is 0 Å². The van der Waals surface area contributed by atoms with Crippen LogP contribution in [0.1, 0.15) is 17.1 Å². The van der Waals surface area contributed by atoms with Gasteiger partial charge in [-0.2, -0.15) is 10.2 Å². The van der Waals surface area contributed by atoms with Crippen molar-refractivity contribution >= 4 is 0 Å². The molecule has 4 aromatic rings. The molecule has 0 fully saturated rings. The van der Waals surface area contributed by atoms with Crippen LogP contribution in [0.15, 0.2) is 67.0 Å². The predicted molar refractivity (Wildman–Crippen MR) is 117 cm³/mol. The van der Waals surface area contributed by atoms with Gasteiger partial charge >= 0.3 is 0 Å². The first-order valence-electron chi connectivity index (χ1n) is 9.81. The standard InChI is InChI=1S/C24H20N6O/c1-16-29-22(21-4-2-3-11-27-21)13-24(30-16)31-23-12-17(14-26)5-8-20(23)18-6-7-19(9-10-25)28-15-18/h2-8,11-13,15H,9-10,25H2,1H3. The van der Waals surface area contributed by atoms with Crippen LogP contribution in [0.3, 0.4) is 0 Å². The van der Waals surface area contributed by atoms with Crippen molar-refractivity contribution in [3.63, 3.8) is 0 Å². The fourth-order valence-electron chi connectivity index (χ4n) is 3.15. The van der Waals surface area contributed by atoms with Crippen LogP contribution in [0.25, 0.3) is 22.5 Å². The van der Waals surface area contributed by atoms with E-state index in [0.29, 0.717) is 41.7 Å². The number of aromatic nitrogens is 4. The Hall–Kier alpha value is -4.15. The number of hydrogen-bond donors (Lipinski definition) is 1. The minimum absolute atomic E-state index is 0.372. The van der Waals surface area contributed by atoms with Crippen molar-refractivity contribution in [1.82, 2.24) is 19.9 Å². The van der Waals surface area contributed by atoms with E-state index in [0.717, 1.165) is 22.5 Å². The molecular formula is C24H20N6O. The summed E-state index contributed by atoms with van der Waals surface area (Å²) in [6.45, 7) is 2.34. The second-order valence-electron chi connectivity index (χ2n) is 6.86. The van der Waals surface area contributed by atoms with Gasteiger partial charge in [-0.15, -0.1) is 0 Å². The summed E-state index contributed by atoms with van der Waals surface area (Å²) in [5.74, 6) is 1.44. The van der Waals surface area contributed by atoms with Gasteiger partial charge < -0.3 is 10.5 Å². The first-order chi connectivity index (χ1) is 15.2. The van der Waals surface area contributed by atoms with Crippen molar-refractivity contribution in [3.05, 3.63) is 84.1 Å². The lowest BCUT2D eigenvalue weighted by atomic mass is 10.0. The van der Waals surface area contributed by atoms with Crippen molar-refractivity contribution in [2.24, 2.45) is 5.73 Å². The molecule has 0 unspecified atom stereocenters. The molecule has 0 aliphatic rings. The van der Waals surface area contributed by atoms with Crippen molar-refractivity contribution in [1.29, 1.82) is 5.26 Å². The van der Waals surface area contributed by atoms with E-state index < -0.39 is 0 Å². The molecule has 0 spiro atoms. The third-order valence-corrected chi connectivity index (χ3v) is 4.60. The topological polar surface area (TPSA) is 111 Å². The van der Waals surface area contributed by atoms with Gasteiger partial charge in [-0.25, -0.2) is 4.98 Å². The first-order valence-corrected chi connectivity index (χ1v) is 9.81. The van der Waals surface area contributed by atoms with Crippen LogP contribution in [0.4, 0.5) is 0 Å². The number of nitriles is 1. The third kappa shape index (κ3) is 4.71. The maximum atomic E-state index is 9.36. The number of aryl methyl sites for hydroxylation is 1. The van der Waals surface area contributed by atoms with Crippen molar-refractivity contribution in [2.75, 3.05) is 6.54 Å². The van der Waals surface area contributed by atoms with Crippen molar-refractivity contribution in [3.8, 4) is 40.2 Å². The molecule has 2 N–H and O–H groups in total.